The highest BCUT2D eigenvalue weighted by Gasteiger charge is 2.10. The minimum absolute atomic E-state index is 0.0558. The highest BCUT2D eigenvalue weighted by molar-refractivity contribution is 6.07. The fourth-order valence-corrected chi connectivity index (χ4v) is 1.83. The average molecular weight is 213 g/mol. The van der Waals surface area contributed by atoms with Crippen molar-refractivity contribution in [2.45, 2.75) is 25.7 Å². The first-order chi connectivity index (χ1) is 7.86. The van der Waals surface area contributed by atoms with Gasteiger partial charge in [-0.1, -0.05) is 30.3 Å². The van der Waals surface area contributed by atoms with E-state index in [9.17, 15) is 4.79 Å². The lowest BCUT2D eigenvalue weighted by Gasteiger charge is -2.01. The van der Waals surface area contributed by atoms with Crippen molar-refractivity contribution in [3.8, 4) is 0 Å². The highest BCUT2D eigenvalue weighted by Crippen LogP contribution is 2.14. The van der Waals surface area contributed by atoms with E-state index < -0.39 is 0 Å². The number of carbonyl (C=O) groups excluding carboxylic acids is 1. The molecule has 82 valence electrons. The van der Waals surface area contributed by atoms with Crippen molar-refractivity contribution < 1.29 is 4.79 Å². The van der Waals surface area contributed by atoms with Crippen molar-refractivity contribution in [3.63, 3.8) is 0 Å². The molecule has 2 rings (SSSR count). The standard InChI is InChI=1S/C14H15NO/c16-14-13(10-11-15-14)9-5-4-8-12-6-2-1-3-7-12/h1-3,6-7,10-11H,4-5,8-9H2. The number of hydrogen-bond acceptors (Lipinski definition) is 1. The molecule has 0 aromatic heterocycles. The van der Waals surface area contributed by atoms with Gasteiger partial charge in [-0.3, -0.25) is 4.79 Å². The molecule has 1 aliphatic rings. The minimum atomic E-state index is -0.0558. The second kappa shape index (κ2) is 5.40. The number of carbonyl (C=O) groups is 1. The molecule has 0 saturated heterocycles. The molecule has 0 atom stereocenters. The fourth-order valence-electron chi connectivity index (χ4n) is 1.83. The summed E-state index contributed by atoms with van der Waals surface area (Å²) in [5.74, 6) is -0.0558. The lowest BCUT2D eigenvalue weighted by Crippen LogP contribution is -1.95. The summed E-state index contributed by atoms with van der Waals surface area (Å²) in [6.45, 7) is 0. The summed E-state index contributed by atoms with van der Waals surface area (Å²) in [7, 11) is 0. The third-order valence-electron chi connectivity index (χ3n) is 2.75. The van der Waals surface area contributed by atoms with E-state index in [4.69, 9.17) is 0 Å². The fraction of sp³-hybridized carbons (Fsp3) is 0.286. The van der Waals surface area contributed by atoms with Crippen molar-refractivity contribution in [3.05, 3.63) is 47.5 Å². The molecule has 1 aromatic carbocycles. The Labute approximate surface area is 95.7 Å². The number of allylic oxidation sites excluding steroid dienone is 1. The van der Waals surface area contributed by atoms with Gasteiger partial charge in [-0.15, -0.1) is 0 Å². The Balaban J connectivity index is 1.68. The number of rotatable bonds is 5. The summed E-state index contributed by atoms with van der Waals surface area (Å²) in [6, 6.07) is 10.4. The van der Waals surface area contributed by atoms with E-state index in [0.29, 0.717) is 0 Å². The van der Waals surface area contributed by atoms with Crippen LogP contribution in [0.4, 0.5) is 0 Å². The first-order valence-corrected chi connectivity index (χ1v) is 5.68. The number of unbranched alkanes of at least 4 members (excludes halogenated alkanes) is 1. The van der Waals surface area contributed by atoms with Gasteiger partial charge in [0.25, 0.3) is 5.91 Å². The molecule has 0 aliphatic carbocycles. The number of amides is 1. The molecule has 0 fully saturated rings. The van der Waals surface area contributed by atoms with E-state index in [1.54, 1.807) is 6.21 Å². The van der Waals surface area contributed by atoms with Gasteiger partial charge in [0, 0.05) is 11.8 Å². The van der Waals surface area contributed by atoms with Gasteiger partial charge in [0.1, 0.15) is 0 Å². The average Bonchev–Trinajstić information content (AvgIpc) is 2.72. The van der Waals surface area contributed by atoms with Gasteiger partial charge in [-0.05, 0) is 37.3 Å². The molecule has 1 aromatic rings. The van der Waals surface area contributed by atoms with Crippen LogP contribution < -0.4 is 0 Å². The number of benzene rings is 1. The van der Waals surface area contributed by atoms with Crippen LogP contribution in [0.15, 0.2) is 47.0 Å². The zero-order valence-corrected chi connectivity index (χ0v) is 9.23. The van der Waals surface area contributed by atoms with Crippen LogP contribution in [0.3, 0.4) is 0 Å². The van der Waals surface area contributed by atoms with Crippen molar-refractivity contribution in [2.75, 3.05) is 0 Å². The van der Waals surface area contributed by atoms with Crippen LogP contribution in [-0.4, -0.2) is 12.1 Å². The zero-order chi connectivity index (χ0) is 11.2. The Morgan fingerprint density at radius 1 is 1.00 bits per heavy atom. The summed E-state index contributed by atoms with van der Waals surface area (Å²) in [4.78, 5) is 14.9. The van der Waals surface area contributed by atoms with Crippen LogP contribution >= 0.6 is 0 Å². The number of hydrogen-bond donors (Lipinski definition) is 0. The normalized spacial score (nSPS) is 14.2. The Morgan fingerprint density at radius 3 is 2.44 bits per heavy atom. The van der Waals surface area contributed by atoms with Gasteiger partial charge >= 0.3 is 0 Å². The molecule has 16 heavy (non-hydrogen) atoms. The van der Waals surface area contributed by atoms with Gasteiger partial charge in [0.15, 0.2) is 0 Å². The lowest BCUT2D eigenvalue weighted by atomic mass is 10.0. The Hall–Kier alpha value is -1.70. The van der Waals surface area contributed by atoms with Crippen molar-refractivity contribution >= 4 is 12.1 Å². The van der Waals surface area contributed by atoms with Crippen molar-refractivity contribution in [1.29, 1.82) is 0 Å². The summed E-state index contributed by atoms with van der Waals surface area (Å²) >= 11 is 0. The second-order valence-corrected chi connectivity index (χ2v) is 3.97. The maximum atomic E-state index is 11.2. The maximum Gasteiger partial charge on any atom is 0.272 e. The Kier molecular flexibility index (Phi) is 3.65. The largest absolute Gasteiger partial charge is 0.272 e. The van der Waals surface area contributed by atoms with Crippen LogP contribution in [0, 0.1) is 0 Å². The number of aliphatic imine (C=N–C) groups is 1. The molecule has 0 bridgehead atoms. The second-order valence-electron chi connectivity index (χ2n) is 3.97. The van der Waals surface area contributed by atoms with E-state index in [1.165, 1.54) is 5.56 Å². The molecule has 0 spiro atoms. The van der Waals surface area contributed by atoms with E-state index >= 15 is 0 Å². The molecular weight excluding hydrogens is 198 g/mol. The van der Waals surface area contributed by atoms with Crippen LogP contribution in [0.25, 0.3) is 0 Å². The van der Waals surface area contributed by atoms with E-state index in [1.807, 2.05) is 12.1 Å². The molecule has 1 aliphatic heterocycles. The predicted octanol–water partition coefficient (Wildman–Crippen LogP) is 2.94. The lowest BCUT2D eigenvalue weighted by molar-refractivity contribution is -0.114. The number of nitrogens with zero attached hydrogens (tertiary/aromatic N) is 1. The first kappa shape index (κ1) is 10.8. The summed E-state index contributed by atoms with van der Waals surface area (Å²) in [5, 5.41) is 0. The number of aryl methyl sites for hydroxylation is 1. The highest BCUT2D eigenvalue weighted by atomic mass is 16.1. The van der Waals surface area contributed by atoms with Gasteiger partial charge < -0.3 is 0 Å². The van der Waals surface area contributed by atoms with Crippen LogP contribution in [0.1, 0.15) is 24.8 Å². The smallest absolute Gasteiger partial charge is 0.267 e. The van der Waals surface area contributed by atoms with E-state index in [0.717, 1.165) is 31.3 Å². The van der Waals surface area contributed by atoms with E-state index in [-0.39, 0.29) is 5.91 Å². The molecule has 0 radical (unpaired) electrons. The molecule has 2 heteroatoms. The quantitative estimate of drug-likeness (QED) is 0.691. The molecule has 2 nitrogen and oxygen atoms in total. The molecule has 0 unspecified atom stereocenters. The molecule has 0 saturated carbocycles. The topological polar surface area (TPSA) is 29.4 Å². The third-order valence-corrected chi connectivity index (χ3v) is 2.75. The Bertz CT molecular complexity index is 418. The summed E-state index contributed by atoms with van der Waals surface area (Å²) in [5.41, 5.74) is 2.22. The van der Waals surface area contributed by atoms with Gasteiger partial charge in [-0.25, -0.2) is 4.99 Å². The maximum absolute atomic E-state index is 11.2. The van der Waals surface area contributed by atoms with Crippen molar-refractivity contribution in [2.24, 2.45) is 4.99 Å². The van der Waals surface area contributed by atoms with Gasteiger partial charge in [0.05, 0.1) is 0 Å². The minimum Gasteiger partial charge on any atom is -0.267 e. The zero-order valence-electron chi connectivity index (χ0n) is 9.23. The third kappa shape index (κ3) is 2.89. The summed E-state index contributed by atoms with van der Waals surface area (Å²) in [6.07, 6.45) is 7.53. The van der Waals surface area contributed by atoms with Gasteiger partial charge in [-0.2, -0.15) is 0 Å². The summed E-state index contributed by atoms with van der Waals surface area (Å²) < 4.78 is 0. The van der Waals surface area contributed by atoms with Gasteiger partial charge in [0.2, 0.25) is 0 Å². The molecular formula is C14H15NO. The molecule has 1 amide bonds. The monoisotopic (exact) mass is 213 g/mol. The Morgan fingerprint density at radius 2 is 1.75 bits per heavy atom. The van der Waals surface area contributed by atoms with Crippen LogP contribution in [0.2, 0.25) is 0 Å². The predicted molar refractivity (Wildman–Crippen MR) is 65.6 cm³/mol. The molecule has 1 heterocycles. The van der Waals surface area contributed by atoms with Crippen LogP contribution in [-0.2, 0) is 11.2 Å². The SMILES string of the molecule is O=C1N=CC=C1CCCCc1ccccc1. The molecule has 0 N–H and O–H groups in total. The van der Waals surface area contributed by atoms with E-state index in [2.05, 4.69) is 29.3 Å². The first-order valence-electron chi connectivity index (χ1n) is 5.68. The van der Waals surface area contributed by atoms with Crippen molar-refractivity contribution in [1.82, 2.24) is 0 Å². The van der Waals surface area contributed by atoms with Crippen LogP contribution in [0.5, 0.6) is 0 Å².